The third-order valence-electron chi connectivity index (χ3n) is 3.15. The second-order valence-electron chi connectivity index (χ2n) is 4.17. The van der Waals surface area contributed by atoms with Crippen LogP contribution in [-0.2, 0) is 4.79 Å². The van der Waals surface area contributed by atoms with Gasteiger partial charge in [0.2, 0.25) is 0 Å². The normalized spacial score (nSPS) is 11.2. The van der Waals surface area contributed by atoms with E-state index in [1.54, 1.807) is 13.8 Å². The van der Waals surface area contributed by atoms with E-state index in [2.05, 4.69) is 21.2 Å². The van der Waals surface area contributed by atoms with Gasteiger partial charge in [0.15, 0.2) is 0 Å². The summed E-state index contributed by atoms with van der Waals surface area (Å²) >= 11 is 3.09. The predicted molar refractivity (Wildman–Crippen MR) is 72.5 cm³/mol. The molecule has 0 aliphatic heterocycles. The van der Waals surface area contributed by atoms with E-state index in [1.807, 2.05) is 0 Å². The van der Waals surface area contributed by atoms with Crippen molar-refractivity contribution >= 4 is 27.8 Å². The molecule has 0 aromatic heterocycles. The van der Waals surface area contributed by atoms with E-state index in [0.717, 1.165) is 12.1 Å². The van der Waals surface area contributed by atoms with Crippen molar-refractivity contribution in [2.75, 3.05) is 0 Å². The van der Waals surface area contributed by atoms with Crippen LogP contribution in [0.15, 0.2) is 22.7 Å². The number of amides is 1. The third-order valence-corrected chi connectivity index (χ3v) is 3.80. The quantitative estimate of drug-likeness (QED) is 0.871. The number of aliphatic carboxylic acids is 1. The minimum absolute atomic E-state index is 0.203. The summed E-state index contributed by atoms with van der Waals surface area (Å²) in [6, 6.07) is 3.63. The van der Waals surface area contributed by atoms with Gasteiger partial charge in [-0.15, -0.1) is 0 Å². The maximum Gasteiger partial charge on any atom is 0.329 e. The highest BCUT2D eigenvalue weighted by Crippen LogP contribution is 2.21. The summed E-state index contributed by atoms with van der Waals surface area (Å²) in [6.07, 6.45) is 0.534. The third kappa shape index (κ3) is 3.32. The van der Waals surface area contributed by atoms with Gasteiger partial charge < -0.3 is 10.4 Å². The summed E-state index contributed by atoms with van der Waals surface area (Å²) in [5, 5.41) is 11.8. The Balaban J connectivity index is 3.04. The van der Waals surface area contributed by atoms with Gasteiger partial charge in [0.05, 0.1) is 5.56 Å². The van der Waals surface area contributed by atoms with Gasteiger partial charge in [0.25, 0.3) is 5.91 Å². The van der Waals surface area contributed by atoms with Crippen LogP contribution in [0.4, 0.5) is 4.39 Å². The molecule has 104 valence electrons. The van der Waals surface area contributed by atoms with Gasteiger partial charge in [-0.05, 0) is 47.0 Å². The number of rotatable bonds is 5. The lowest BCUT2D eigenvalue weighted by atomic mass is 9.92. The maximum atomic E-state index is 13.0. The lowest BCUT2D eigenvalue weighted by molar-refractivity contribution is -0.144. The molecule has 0 heterocycles. The summed E-state index contributed by atoms with van der Waals surface area (Å²) in [4.78, 5) is 23.4. The SMILES string of the molecule is CCC(CC)(NC(=O)c1ccc(F)cc1Br)C(=O)O. The number of benzene rings is 1. The summed E-state index contributed by atoms with van der Waals surface area (Å²) in [5.74, 6) is -2.10. The van der Waals surface area contributed by atoms with E-state index in [1.165, 1.54) is 6.07 Å². The number of carbonyl (C=O) groups excluding carboxylic acids is 1. The van der Waals surface area contributed by atoms with Crippen LogP contribution in [0, 0.1) is 5.82 Å². The zero-order valence-corrected chi connectivity index (χ0v) is 12.3. The molecule has 1 aromatic carbocycles. The van der Waals surface area contributed by atoms with Gasteiger partial charge in [-0.1, -0.05) is 13.8 Å². The van der Waals surface area contributed by atoms with Crippen LogP contribution < -0.4 is 5.32 Å². The Morgan fingerprint density at radius 3 is 2.37 bits per heavy atom. The number of hydrogen-bond acceptors (Lipinski definition) is 2. The second-order valence-corrected chi connectivity index (χ2v) is 5.03. The minimum Gasteiger partial charge on any atom is -0.480 e. The van der Waals surface area contributed by atoms with Crippen molar-refractivity contribution < 1.29 is 19.1 Å². The number of halogens is 2. The Bertz CT molecular complexity index is 501. The van der Waals surface area contributed by atoms with Gasteiger partial charge in [0.1, 0.15) is 11.4 Å². The first-order valence-corrected chi connectivity index (χ1v) is 6.66. The standard InChI is InChI=1S/C13H15BrFNO3/c1-3-13(4-2,12(18)19)16-11(17)9-6-5-8(15)7-10(9)14/h5-7H,3-4H2,1-2H3,(H,16,17)(H,18,19). The van der Waals surface area contributed by atoms with Crippen LogP contribution in [0.2, 0.25) is 0 Å². The fourth-order valence-electron chi connectivity index (χ4n) is 1.74. The van der Waals surface area contributed by atoms with Crippen molar-refractivity contribution in [1.29, 1.82) is 0 Å². The molecule has 1 aromatic rings. The van der Waals surface area contributed by atoms with Crippen LogP contribution in [0.1, 0.15) is 37.0 Å². The highest BCUT2D eigenvalue weighted by atomic mass is 79.9. The lowest BCUT2D eigenvalue weighted by Gasteiger charge is -2.28. The van der Waals surface area contributed by atoms with Crippen LogP contribution >= 0.6 is 15.9 Å². The lowest BCUT2D eigenvalue weighted by Crippen LogP contribution is -2.53. The second kappa shape index (κ2) is 6.14. The first-order chi connectivity index (χ1) is 8.86. The molecule has 4 nitrogen and oxygen atoms in total. The number of nitrogens with one attached hydrogen (secondary N) is 1. The molecule has 0 saturated heterocycles. The molecule has 0 bridgehead atoms. The van der Waals surface area contributed by atoms with E-state index in [0.29, 0.717) is 0 Å². The average Bonchev–Trinajstić information content (AvgIpc) is 2.35. The van der Waals surface area contributed by atoms with Crippen LogP contribution in [-0.4, -0.2) is 22.5 Å². The van der Waals surface area contributed by atoms with Crippen molar-refractivity contribution in [1.82, 2.24) is 5.32 Å². The molecule has 0 unspecified atom stereocenters. The molecule has 0 fully saturated rings. The summed E-state index contributed by atoms with van der Waals surface area (Å²) in [6.45, 7) is 3.38. The van der Waals surface area contributed by atoms with E-state index in [9.17, 15) is 19.1 Å². The fourth-order valence-corrected chi connectivity index (χ4v) is 2.27. The van der Waals surface area contributed by atoms with Crippen molar-refractivity contribution in [3.8, 4) is 0 Å². The van der Waals surface area contributed by atoms with Crippen molar-refractivity contribution in [2.24, 2.45) is 0 Å². The summed E-state index contributed by atoms with van der Waals surface area (Å²) in [5.41, 5.74) is -1.10. The molecule has 0 atom stereocenters. The molecule has 1 amide bonds. The van der Waals surface area contributed by atoms with Gasteiger partial charge >= 0.3 is 5.97 Å². The molecular weight excluding hydrogens is 317 g/mol. The molecule has 0 radical (unpaired) electrons. The zero-order valence-electron chi connectivity index (χ0n) is 10.7. The van der Waals surface area contributed by atoms with Crippen molar-refractivity contribution in [2.45, 2.75) is 32.2 Å². The highest BCUT2D eigenvalue weighted by molar-refractivity contribution is 9.10. The first-order valence-electron chi connectivity index (χ1n) is 5.87. The predicted octanol–water partition coefficient (Wildman–Crippen LogP) is 2.96. The Kier molecular flexibility index (Phi) is 5.05. The molecular formula is C13H15BrFNO3. The van der Waals surface area contributed by atoms with Crippen molar-refractivity contribution in [3.05, 3.63) is 34.1 Å². The molecule has 0 aliphatic rings. The molecule has 6 heteroatoms. The Morgan fingerprint density at radius 2 is 1.95 bits per heavy atom. The van der Waals surface area contributed by atoms with Gasteiger partial charge in [-0.2, -0.15) is 0 Å². The highest BCUT2D eigenvalue weighted by Gasteiger charge is 2.36. The van der Waals surface area contributed by atoms with Crippen LogP contribution in [0.5, 0.6) is 0 Å². The minimum atomic E-state index is -1.30. The zero-order chi connectivity index (χ0) is 14.6. The number of carboxylic acid groups (broad SMARTS) is 1. The van der Waals surface area contributed by atoms with Crippen LogP contribution in [0.3, 0.4) is 0 Å². The van der Waals surface area contributed by atoms with Crippen LogP contribution in [0.25, 0.3) is 0 Å². The largest absolute Gasteiger partial charge is 0.480 e. The molecule has 0 saturated carbocycles. The Labute approximate surface area is 119 Å². The smallest absolute Gasteiger partial charge is 0.329 e. The van der Waals surface area contributed by atoms with E-state index in [-0.39, 0.29) is 22.9 Å². The van der Waals surface area contributed by atoms with Gasteiger partial charge in [-0.3, -0.25) is 4.79 Å². The Morgan fingerprint density at radius 1 is 1.37 bits per heavy atom. The topological polar surface area (TPSA) is 66.4 Å². The number of hydrogen-bond donors (Lipinski definition) is 2. The van der Waals surface area contributed by atoms with Crippen molar-refractivity contribution in [3.63, 3.8) is 0 Å². The van der Waals surface area contributed by atoms with Gasteiger partial charge in [-0.25, -0.2) is 9.18 Å². The molecule has 1 rings (SSSR count). The van der Waals surface area contributed by atoms with Gasteiger partial charge in [0, 0.05) is 4.47 Å². The fraction of sp³-hybridized carbons (Fsp3) is 0.385. The Hall–Kier alpha value is -1.43. The average molecular weight is 332 g/mol. The summed E-state index contributed by atoms with van der Waals surface area (Å²) < 4.78 is 13.2. The number of carbonyl (C=O) groups is 2. The maximum absolute atomic E-state index is 13.0. The molecule has 0 spiro atoms. The first kappa shape index (κ1) is 15.6. The van der Waals surface area contributed by atoms with E-state index >= 15 is 0 Å². The van der Waals surface area contributed by atoms with E-state index < -0.39 is 23.2 Å². The molecule has 19 heavy (non-hydrogen) atoms. The summed E-state index contributed by atoms with van der Waals surface area (Å²) in [7, 11) is 0. The number of carboxylic acids is 1. The van der Waals surface area contributed by atoms with E-state index in [4.69, 9.17) is 0 Å². The molecule has 2 N–H and O–H groups in total. The monoisotopic (exact) mass is 331 g/mol. The molecule has 0 aliphatic carbocycles.